The predicted molar refractivity (Wildman–Crippen MR) is 73.7 cm³/mol. The fourth-order valence-electron chi connectivity index (χ4n) is 1.82. The second-order valence-corrected chi connectivity index (χ2v) is 4.11. The summed E-state index contributed by atoms with van der Waals surface area (Å²) in [5, 5.41) is 20.5. The van der Waals surface area contributed by atoms with Crippen LogP contribution in [0.25, 0.3) is 10.8 Å². The van der Waals surface area contributed by atoms with Crippen molar-refractivity contribution >= 4 is 16.7 Å². The maximum atomic E-state index is 11.1. The number of hydrogen-bond acceptors (Lipinski definition) is 5. The second kappa shape index (κ2) is 5.52. The van der Waals surface area contributed by atoms with Gasteiger partial charge in [-0.3, -0.25) is 0 Å². The normalized spacial score (nSPS) is 11.8. The number of hydrogen-bond donors (Lipinski definition) is 2. The van der Waals surface area contributed by atoms with E-state index in [2.05, 4.69) is 6.58 Å². The average molecular weight is 274 g/mol. The summed E-state index contributed by atoms with van der Waals surface area (Å²) in [5.74, 6) is -0.824. The molecule has 0 fully saturated rings. The van der Waals surface area contributed by atoms with Crippen LogP contribution in [0.15, 0.2) is 43.0 Å². The summed E-state index contributed by atoms with van der Waals surface area (Å²) in [7, 11) is 0. The molecular formula is C15H14O5. The van der Waals surface area contributed by atoms with Crippen molar-refractivity contribution in [1.82, 2.24) is 0 Å². The van der Waals surface area contributed by atoms with Gasteiger partial charge in [0, 0.05) is 29.8 Å². The van der Waals surface area contributed by atoms with Crippen LogP contribution < -0.4 is 4.74 Å². The van der Waals surface area contributed by atoms with Crippen LogP contribution in [0.2, 0.25) is 0 Å². The van der Waals surface area contributed by atoms with Crippen LogP contribution in [0, 0.1) is 0 Å². The lowest BCUT2D eigenvalue weighted by Gasteiger charge is -2.16. The molecule has 0 radical (unpaired) electrons. The fourth-order valence-corrected chi connectivity index (χ4v) is 1.82. The fraction of sp³-hybridized carbons (Fsp3) is 0.133. The van der Waals surface area contributed by atoms with E-state index in [4.69, 9.17) is 9.47 Å². The summed E-state index contributed by atoms with van der Waals surface area (Å²) < 4.78 is 10.4. The Balaban J connectivity index is 2.37. The third-order valence-corrected chi connectivity index (χ3v) is 2.70. The Morgan fingerprint density at radius 1 is 1.30 bits per heavy atom. The Morgan fingerprint density at radius 2 is 1.95 bits per heavy atom. The van der Waals surface area contributed by atoms with Crippen molar-refractivity contribution in [2.45, 2.75) is 13.2 Å². The van der Waals surface area contributed by atoms with Crippen LogP contribution >= 0.6 is 0 Å². The third kappa shape index (κ3) is 2.66. The highest BCUT2D eigenvalue weighted by atomic mass is 16.7. The van der Waals surface area contributed by atoms with Crippen LogP contribution in [-0.4, -0.2) is 22.5 Å². The highest BCUT2D eigenvalue weighted by Gasteiger charge is 2.15. The minimum atomic E-state index is -0.854. The number of esters is 1. The van der Waals surface area contributed by atoms with E-state index in [0.717, 1.165) is 6.08 Å². The molecule has 0 aliphatic heterocycles. The number of ether oxygens (including phenoxy) is 2. The summed E-state index contributed by atoms with van der Waals surface area (Å²) in [4.78, 5) is 11.1. The smallest absolute Gasteiger partial charge is 0.333 e. The van der Waals surface area contributed by atoms with Gasteiger partial charge in [0.15, 0.2) is 11.5 Å². The Morgan fingerprint density at radius 3 is 2.60 bits per heavy atom. The molecule has 5 nitrogen and oxygen atoms in total. The number of carbonyl (C=O) groups is 1. The molecule has 0 bridgehead atoms. The van der Waals surface area contributed by atoms with Gasteiger partial charge >= 0.3 is 5.97 Å². The molecule has 0 aromatic heterocycles. The van der Waals surface area contributed by atoms with Gasteiger partial charge in [-0.25, -0.2) is 4.79 Å². The molecule has 2 aromatic carbocycles. The summed E-state index contributed by atoms with van der Waals surface area (Å²) in [6, 6.07) is 8.15. The van der Waals surface area contributed by atoms with E-state index in [1.54, 1.807) is 31.2 Å². The lowest BCUT2D eigenvalue weighted by Crippen LogP contribution is -2.19. The quantitative estimate of drug-likeness (QED) is 0.388. The third-order valence-electron chi connectivity index (χ3n) is 2.70. The SMILES string of the molecule is C=CC(=O)OC(C)Oc1cc(O)c(O)c2ccccc12. The molecule has 0 aliphatic carbocycles. The van der Waals surface area contributed by atoms with Gasteiger partial charge in [0.2, 0.25) is 6.29 Å². The minimum Gasteiger partial charge on any atom is -0.504 e. The zero-order valence-corrected chi connectivity index (χ0v) is 10.9. The van der Waals surface area contributed by atoms with Crippen molar-refractivity contribution in [2.75, 3.05) is 0 Å². The van der Waals surface area contributed by atoms with Crippen molar-refractivity contribution in [3.8, 4) is 17.2 Å². The van der Waals surface area contributed by atoms with Gasteiger partial charge in [-0.15, -0.1) is 0 Å². The van der Waals surface area contributed by atoms with Crippen LogP contribution in [0.1, 0.15) is 6.92 Å². The van der Waals surface area contributed by atoms with Gasteiger partial charge in [0.05, 0.1) is 0 Å². The standard InChI is InChI=1S/C15H14O5/c1-3-14(17)20-9(2)19-13-8-12(16)15(18)11-7-5-4-6-10(11)13/h3-9,16,18H,1H2,2H3. The maximum absolute atomic E-state index is 11.1. The van der Waals surface area contributed by atoms with E-state index in [9.17, 15) is 15.0 Å². The first-order valence-corrected chi connectivity index (χ1v) is 5.96. The zero-order valence-electron chi connectivity index (χ0n) is 10.9. The lowest BCUT2D eigenvalue weighted by molar-refractivity contribution is -0.154. The van der Waals surface area contributed by atoms with Crippen LogP contribution in [0.5, 0.6) is 17.2 Å². The molecule has 0 heterocycles. The van der Waals surface area contributed by atoms with E-state index in [1.165, 1.54) is 6.07 Å². The first-order chi connectivity index (χ1) is 9.52. The summed E-state index contributed by atoms with van der Waals surface area (Å²) in [6.45, 7) is 4.83. The Kier molecular flexibility index (Phi) is 3.79. The molecule has 104 valence electrons. The number of fused-ring (bicyclic) bond motifs is 1. The minimum absolute atomic E-state index is 0.219. The summed E-state index contributed by atoms with van der Waals surface area (Å²) in [5.41, 5.74) is 0. The predicted octanol–water partition coefficient (Wildman–Crippen LogP) is 2.71. The highest BCUT2D eigenvalue weighted by Crippen LogP contribution is 2.40. The average Bonchev–Trinajstić information content (AvgIpc) is 2.44. The molecule has 0 saturated heterocycles. The first kappa shape index (κ1) is 13.7. The lowest BCUT2D eigenvalue weighted by atomic mass is 10.1. The van der Waals surface area contributed by atoms with E-state index in [1.807, 2.05) is 0 Å². The van der Waals surface area contributed by atoms with E-state index < -0.39 is 12.3 Å². The monoisotopic (exact) mass is 274 g/mol. The van der Waals surface area contributed by atoms with Gasteiger partial charge in [-0.2, -0.15) is 0 Å². The van der Waals surface area contributed by atoms with Crippen LogP contribution in [0.3, 0.4) is 0 Å². The molecule has 0 amide bonds. The van der Waals surface area contributed by atoms with Crippen LogP contribution in [-0.2, 0) is 9.53 Å². The molecule has 1 atom stereocenters. The molecule has 2 N–H and O–H groups in total. The van der Waals surface area contributed by atoms with Gasteiger partial charge in [0.1, 0.15) is 5.75 Å². The maximum Gasteiger partial charge on any atom is 0.333 e. The topological polar surface area (TPSA) is 76.0 Å². The van der Waals surface area contributed by atoms with E-state index in [0.29, 0.717) is 16.5 Å². The van der Waals surface area contributed by atoms with Crippen molar-refractivity contribution in [2.24, 2.45) is 0 Å². The van der Waals surface area contributed by atoms with E-state index >= 15 is 0 Å². The molecule has 20 heavy (non-hydrogen) atoms. The number of benzene rings is 2. The first-order valence-electron chi connectivity index (χ1n) is 5.96. The number of aromatic hydroxyl groups is 2. The summed E-state index contributed by atoms with van der Waals surface area (Å²) >= 11 is 0. The summed E-state index contributed by atoms with van der Waals surface area (Å²) in [6.07, 6.45) is 0.180. The van der Waals surface area contributed by atoms with Crippen molar-refractivity contribution in [3.63, 3.8) is 0 Å². The molecule has 0 spiro atoms. The molecule has 2 aromatic rings. The van der Waals surface area contributed by atoms with Gasteiger partial charge in [-0.05, 0) is 0 Å². The molecule has 0 saturated carbocycles. The van der Waals surface area contributed by atoms with Gasteiger partial charge in [0.25, 0.3) is 0 Å². The molecule has 2 rings (SSSR count). The number of phenolic OH excluding ortho intramolecular Hbond substituents is 2. The van der Waals surface area contributed by atoms with E-state index in [-0.39, 0.29) is 11.5 Å². The largest absolute Gasteiger partial charge is 0.504 e. The molecular weight excluding hydrogens is 260 g/mol. The second-order valence-electron chi connectivity index (χ2n) is 4.11. The number of carbonyl (C=O) groups excluding carboxylic acids is 1. The Labute approximate surface area is 115 Å². The molecule has 0 aliphatic rings. The number of rotatable bonds is 4. The van der Waals surface area contributed by atoms with Crippen molar-refractivity contribution in [3.05, 3.63) is 43.0 Å². The number of phenols is 2. The van der Waals surface area contributed by atoms with Crippen molar-refractivity contribution < 1.29 is 24.5 Å². The van der Waals surface area contributed by atoms with Gasteiger partial charge < -0.3 is 19.7 Å². The van der Waals surface area contributed by atoms with Gasteiger partial charge in [-0.1, -0.05) is 30.8 Å². The zero-order chi connectivity index (χ0) is 14.7. The molecule has 1 unspecified atom stereocenters. The van der Waals surface area contributed by atoms with Crippen molar-refractivity contribution in [1.29, 1.82) is 0 Å². The molecule has 5 heteroatoms. The highest BCUT2D eigenvalue weighted by molar-refractivity contribution is 5.95. The van der Waals surface area contributed by atoms with Crippen LogP contribution in [0.4, 0.5) is 0 Å². The Hall–Kier alpha value is -2.69. The Bertz CT molecular complexity index is 663.